The van der Waals surface area contributed by atoms with Crippen LogP contribution in [0.2, 0.25) is 0 Å². The molecule has 1 atom stereocenters. The first-order valence-electron chi connectivity index (χ1n) is 13.2. The van der Waals surface area contributed by atoms with Crippen LogP contribution in [-0.2, 0) is 11.2 Å². The number of methoxy groups -OCH3 is 1. The highest BCUT2D eigenvalue weighted by molar-refractivity contribution is 5.99. The Labute approximate surface area is 219 Å². The number of hydrogen-bond acceptors (Lipinski definition) is 4. The minimum atomic E-state index is -0.245. The smallest absolute Gasteiger partial charge is 0.256 e. The van der Waals surface area contributed by atoms with Crippen LogP contribution in [0, 0.1) is 5.92 Å². The van der Waals surface area contributed by atoms with E-state index in [1.54, 1.807) is 7.11 Å². The molecule has 5 rings (SSSR count). The maximum absolute atomic E-state index is 13.2. The Bertz CT molecular complexity index is 1200. The molecule has 2 aliphatic heterocycles. The van der Waals surface area contributed by atoms with Crippen LogP contribution in [0.5, 0.6) is 0 Å². The van der Waals surface area contributed by atoms with Crippen LogP contribution < -0.4 is 5.32 Å². The summed E-state index contributed by atoms with van der Waals surface area (Å²) in [6.07, 6.45) is 3.68. The molecular formula is C31H35N3O3. The molecule has 1 saturated heterocycles. The van der Waals surface area contributed by atoms with Gasteiger partial charge < -0.3 is 19.9 Å². The molecule has 2 aliphatic rings. The van der Waals surface area contributed by atoms with Crippen LogP contribution in [0.25, 0.3) is 0 Å². The zero-order valence-corrected chi connectivity index (χ0v) is 21.4. The Balaban J connectivity index is 1.20. The van der Waals surface area contributed by atoms with Gasteiger partial charge in [-0.15, -0.1) is 0 Å². The predicted molar refractivity (Wildman–Crippen MR) is 146 cm³/mol. The Morgan fingerprint density at radius 1 is 0.946 bits per heavy atom. The summed E-state index contributed by atoms with van der Waals surface area (Å²) in [6.45, 7) is 2.81. The topological polar surface area (TPSA) is 61.9 Å². The molecule has 3 aromatic rings. The molecule has 6 heteroatoms. The summed E-state index contributed by atoms with van der Waals surface area (Å²) < 4.78 is 5.19. The number of likely N-dealkylation sites (tertiary alicyclic amines) is 1. The number of carbonyl (C=O) groups is 2. The normalized spacial score (nSPS) is 17.6. The van der Waals surface area contributed by atoms with Gasteiger partial charge in [-0.1, -0.05) is 48.5 Å². The Hall–Kier alpha value is -3.64. The number of carbonyl (C=O) groups excluding carboxylic acids is 2. The number of amides is 2. The molecule has 0 aliphatic carbocycles. The highest BCUT2D eigenvalue weighted by Crippen LogP contribution is 2.34. The third kappa shape index (κ3) is 5.70. The van der Waals surface area contributed by atoms with Crippen LogP contribution in [-0.4, -0.2) is 55.0 Å². The zero-order valence-electron chi connectivity index (χ0n) is 21.4. The number of rotatable bonds is 9. The van der Waals surface area contributed by atoms with E-state index < -0.39 is 0 Å². The van der Waals surface area contributed by atoms with Gasteiger partial charge >= 0.3 is 0 Å². The van der Waals surface area contributed by atoms with Crippen molar-refractivity contribution in [1.82, 2.24) is 9.80 Å². The number of anilines is 1. The van der Waals surface area contributed by atoms with Gasteiger partial charge in [0, 0.05) is 55.7 Å². The summed E-state index contributed by atoms with van der Waals surface area (Å²) >= 11 is 0. The molecule has 0 saturated carbocycles. The molecule has 6 nitrogen and oxygen atoms in total. The van der Waals surface area contributed by atoms with Crippen molar-refractivity contribution in [2.75, 3.05) is 38.7 Å². The first-order valence-corrected chi connectivity index (χ1v) is 13.2. The standard InChI is InChI=1S/C31H35N3O3/c1-37-21-7-18-34-29(27-10-5-6-11-28(27)31(34)36)32-26-14-12-25(13-15-26)30(35)33-19-16-24(17-20-33)22-23-8-3-2-4-9-23/h2-6,8-15,24,29,32H,7,16-22H2,1H3. The quantitative estimate of drug-likeness (QED) is 0.403. The zero-order chi connectivity index (χ0) is 25.6. The number of hydrogen-bond donors (Lipinski definition) is 1. The van der Waals surface area contributed by atoms with E-state index in [9.17, 15) is 9.59 Å². The van der Waals surface area contributed by atoms with Crippen molar-refractivity contribution in [2.45, 2.75) is 31.8 Å². The molecule has 1 N–H and O–H groups in total. The van der Waals surface area contributed by atoms with Crippen molar-refractivity contribution in [3.05, 3.63) is 101 Å². The maximum atomic E-state index is 13.2. The van der Waals surface area contributed by atoms with Crippen molar-refractivity contribution < 1.29 is 14.3 Å². The van der Waals surface area contributed by atoms with Crippen molar-refractivity contribution in [1.29, 1.82) is 0 Å². The molecule has 0 bridgehead atoms. The molecule has 0 spiro atoms. The van der Waals surface area contributed by atoms with Crippen molar-refractivity contribution >= 4 is 17.5 Å². The summed E-state index contributed by atoms with van der Waals surface area (Å²) in [7, 11) is 1.67. The Kier molecular flexibility index (Phi) is 7.85. The molecule has 192 valence electrons. The van der Waals surface area contributed by atoms with Crippen molar-refractivity contribution in [3.63, 3.8) is 0 Å². The van der Waals surface area contributed by atoms with Gasteiger partial charge in [-0.25, -0.2) is 0 Å². The summed E-state index contributed by atoms with van der Waals surface area (Å²) in [5, 5.41) is 3.52. The first-order chi connectivity index (χ1) is 18.1. The van der Waals surface area contributed by atoms with Gasteiger partial charge in [0.2, 0.25) is 0 Å². The SMILES string of the molecule is COCCCN1C(=O)c2ccccc2C1Nc1ccc(C(=O)N2CCC(Cc3ccccc3)CC2)cc1. The number of nitrogens with zero attached hydrogens (tertiary/aromatic N) is 2. The summed E-state index contributed by atoms with van der Waals surface area (Å²) in [5.74, 6) is 0.751. The molecule has 3 aromatic carbocycles. The highest BCUT2D eigenvalue weighted by atomic mass is 16.5. The molecule has 2 heterocycles. The average Bonchev–Trinajstić information content (AvgIpc) is 3.20. The van der Waals surface area contributed by atoms with Crippen LogP contribution in [0.4, 0.5) is 5.69 Å². The fraction of sp³-hybridized carbons (Fsp3) is 0.355. The molecule has 0 aromatic heterocycles. The van der Waals surface area contributed by atoms with E-state index in [0.717, 1.165) is 55.6 Å². The van der Waals surface area contributed by atoms with Gasteiger partial charge in [0.1, 0.15) is 6.17 Å². The van der Waals surface area contributed by atoms with Gasteiger partial charge in [-0.3, -0.25) is 9.59 Å². The second kappa shape index (κ2) is 11.6. The second-order valence-corrected chi connectivity index (χ2v) is 9.98. The van der Waals surface area contributed by atoms with E-state index in [1.165, 1.54) is 5.56 Å². The maximum Gasteiger partial charge on any atom is 0.256 e. The lowest BCUT2D eigenvalue weighted by Crippen LogP contribution is -2.38. The molecule has 37 heavy (non-hydrogen) atoms. The number of benzene rings is 3. The highest BCUT2D eigenvalue weighted by Gasteiger charge is 2.36. The van der Waals surface area contributed by atoms with Crippen molar-refractivity contribution in [3.8, 4) is 0 Å². The largest absolute Gasteiger partial charge is 0.385 e. The van der Waals surface area contributed by atoms with E-state index in [1.807, 2.05) is 58.3 Å². The molecule has 1 fully saturated rings. The van der Waals surface area contributed by atoms with E-state index >= 15 is 0 Å². The minimum Gasteiger partial charge on any atom is -0.385 e. The predicted octanol–water partition coefficient (Wildman–Crippen LogP) is 5.38. The van der Waals surface area contributed by atoms with Crippen molar-refractivity contribution in [2.24, 2.45) is 5.92 Å². The summed E-state index contributed by atoms with van der Waals surface area (Å²) in [5.41, 5.74) is 4.67. The first kappa shape index (κ1) is 25.0. The second-order valence-electron chi connectivity index (χ2n) is 9.98. The van der Waals surface area contributed by atoms with E-state index in [0.29, 0.717) is 24.6 Å². The van der Waals surface area contributed by atoms with Crippen LogP contribution >= 0.6 is 0 Å². The lowest BCUT2D eigenvalue weighted by molar-refractivity contribution is 0.0689. The summed E-state index contributed by atoms with van der Waals surface area (Å²) in [6, 6.07) is 26.0. The summed E-state index contributed by atoms with van der Waals surface area (Å²) in [4.78, 5) is 30.0. The van der Waals surface area contributed by atoms with Gasteiger partial charge in [0.05, 0.1) is 0 Å². The number of nitrogens with one attached hydrogen (secondary N) is 1. The molecule has 1 unspecified atom stereocenters. The van der Waals surface area contributed by atoms with Crippen LogP contribution in [0.3, 0.4) is 0 Å². The third-order valence-corrected chi connectivity index (χ3v) is 7.51. The van der Waals surface area contributed by atoms with E-state index in [2.05, 4.69) is 35.6 Å². The Morgan fingerprint density at radius 3 is 2.38 bits per heavy atom. The molecule has 0 radical (unpaired) electrons. The minimum absolute atomic E-state index is 0.0340. The van der Waals surface area contributed by atoms with Crippen LogP contribution in [0.15, 0.2) is 78.9 Å². The van der Waals surface area contributed by atoms with Gasteiger partial charge in [-0.2, -0.15) is 0 Å². The van der Waals surface area contributed by atoms with E-state index in [4.69, 9.17) is 4.74 Å². The van der Waals surface area contributed by atoms with Gasteiger partial charge in [0.15, 0.2) is 0 Å². The monoisotopic (exact) mass is 497 g/mol. The van der Waals surface area contributed by atoms with Crippen LogP contribution in [0.1, 0.15) is 57.3 Å². The Morgan fingerprint density at radius 2 is 1.65 bits per heavy atom. The molecule has 2 amide bonds. The van der Waals surface area contributed by atoms with Gasteiger partial charge in [-0.05, 0) is 67.5 Å². The van der Waals surface area contributed by atoms with E-state index in [-0.39, 0.29) is 18.0 Å². The number of fused-ring (bicyclic) bond motifs is 1. The number of piperidine rings is 1. The number of ether oxygens (including phenoxy) is 1. The average molecular weight is 498 g/mol. The fourth-order valence-electron chi connectivity index (χ4n) is 5.47. The van der Waals surface area contributed by atoms with Gasteiger partial charge in [0.25, 0.3) is 11.8 Å². The lowest BCUT2D eigenvalue weighted by atomic mass is 9.90. The third-order valence-electron chi connectivity index (χ3n) is 7.51. The fourth-order valence-corrected chi connectivity index (χ4v) is 5.47. The lowest BCUT2D eigenvalue weighted by Gasteiger charge is -2.32. The molecular weight excluding hydrogens is 462 g/mol.